The van der Waals surface area contributed by atoms with E-state index in [0.29, 0.717) is 18.1 Å². The number of nitrogens with zero attached hydrogens (tertiary/aromatic N) is 3. The van der Waals surface area contributed by atoms with Crippen molar-refractivity contribution in [1.82, 2.24) is 20.4 Å². The van der Waals surface area contributed by atoms with Gasteiger partial charge in [0.25, 0.3) is 0 Å². The van der Waals surface area contributed by atoms with Crippen LogP contribution in [-0.2, 0) is 6.54 Å². The second kappa shape index (κ2) is 9.49. The van der Waals surface area contributed by atoms with Crippen LogP contribution in [0.15, 0.2) is 41.7 Å². The number of hydrogen-bond donors (Lipinski definition) is 2. The molecule has 1 aromatic carbocycles. The summed E-state index contributed by atoms with van der Waals surface area (Å²) in [5.41, 5.74) is 1.54. The number of hydrogen-bond acceptors (Lipinski definition) is 2. The average molecular weight is 431 g/mol. The molecular formula is C16H23FIN5. The summed E-state index contributed by atoms with van der Waals surface area (Å²) < 4.78 is 15.5. The van der Waals surface area contributed by atoms with Gasteiger partial charge in [0, 0.05) is 26.0 Å². The van der Waals surface area contributed by atoms with E-state index in [1.165, 1.54) is 0 Å². The maximum Gasteiger partial charge on any atom is 0.191 e. The van der Waals surface area contributed by atoms with E-state index in [-0.39, 0.29) is 35.8 Å². The average Bonchev–Trinajstić information content (AvgIpc) is 3.02. The first-order valence-corrected chi connectivity index (χ1v) is 7.31. The van der Waals surface area contributed by atoms with Gasteiger partial charge in [-0.15, -0.1) is 24.0 Å². The quantitative estimate of drug-likeness (QED) is 0.435. The summed E-state index contributed by atoms with van der Waals surface area (Å²) in [6.45, 7) is 5.19. The Balaban J connectivity index is 0.00000264. The molecule has 23 heavy (non-hydrogen) atoms. The highest BCUT2D eigenvalue weighted by Gasteiger charge is 2.09. The van der Waals surface area contributed by atoms with Gasteiger partial charge in [0.05, 0.1) is 12.6 Å². The molecule has 2 aromatic rings. The molecule has 0 spiro atoms. The molecule has 0 aliphatic carbocycles. The molecule has 0 bridgehead atoms. The summed E-state index contributed by atoms with van der Waals surface area (Å²) in [6.07, 6.45) is 3.66. The van der Waals surface area contributed by atoms with Crippen molar-refractivity contribution in [3.8, 4) is 0 Å². The lowest BCUT2D eigenvalue weighted by Gasteiger charge is -2.18. The first-order valence-electron chi connectivity index (χ1n) is 7.31. The fraction of sp³-hybridized carbons (Fsp3) is 0.375. The molecule has 1 atom stereocenters. The number of aryl methyl sites for hydroxylation is 1. The molecule has 0 radical (unpaired) electrons. The summed E-state index contributed by atoms with van der Waals surface area (Å²) in [4.78, 5) is 4.18. The molecule has 0 aliphatic rings. The van der Waals surface area contributed by atoms with Crippen molar-refractivity contribution >= 4 is 29.9 Å². The summed E-state index contributed by atoms with van der Waals surface area (Å²) in [7, 11) is 1.71. The fourth-order valence-electron chi connectivity index (χ4n) is 2.08. The Morgan fingerprint density at radius 3 is 2.83 bits per heavy atom. The first kappa shape index (κ1) is 19.4. The molecule has 5 nitrogen and oxygen atoms in total. The van der Waals surface area contributed by atoms with Crippen molar-refractivity contribution in [2.75, 3.05) is 13.6 Å². The van der Waals surface area contributed by atoms with E-state index < -0.39 is 0 Å². The van der Waals surface area contributed by atoms with Crippen LogP contribution in [0.1, 0.15) is 24.1 Å². The summed E-state index contributed by atoms with van der Waals surface area (Å²) >= 11 is 0. The van der Waals surface area contributed by atoms with Crippen LogP contribution < -0.4 is 10.6 Å². The van der Waals surface area contributed by atoms with Gasteiger partial charge in [0.1, 0.15) is 5.82 Å². The molecule has 126 valence electrons. The lowest BCUT2D eigenvalue weighted by atomic mass is 10.1. The van der Waals surface area contributed by atoms with Crippen molar-refractivity contribution < 1.29 is 4.39 Å². The molecule has 1 aromatic heterocycles. The van der Waals surface area contributed by atoms with Gasteiger partial charge in [-0.2, -0.15) is 5.10 Å². The molecule has 0 amide bonds. The Kier molecular flexibility index (Phi) is 8.01. The zero-order chi connectivity index (χ0) is 15.9. The van der Waals surface area contributed by atoms with Crippen molar-refractivity contribution in [3.05, 3.63) is 53.6 Å². The van der Waals surface area contributed by atoms with Crippen LogP contribution in [0.2, 0.25) is 0 Å². The van der Waals surface area contributed by atoms with Gasteiger partial charge in [-0.05, 0) is 37.1 Å². The van der Waals surface area contributed by atoms with Gasteiger partial charge >= 0.3 is 0 Å². The Bertz CT molecular complexity index is 627. The number of halogens is 2. The summed E-state index contributed by atoms with van der Waals surface area (Å²) in [5.74, 6) is 0.494. The minimum absolute atomic E-state index is 0. The van der Waals surface area contributed by atoms with Crippen LogP contribution in [0.25, 0.3) is 0 Å². The number of aliphatic imine (C=N–C) groups is 1. The van der Waals surface area contributed by atoms with E-state index in [1.807, 2.05) is 29.9 Å². The summed E-state index contributed by atoms with van der Waals surface area (Å²) in [6, 6.07) is 7.13. The Morgan fingerprint density at radius 2 is 2.22 bits per heavy atom. The van der Waals surface area contributed by atoms with E-state index in [4.69, 9.17) is 0 Å². The Hall–Kier alpha value is -1.64. The Labute approximate surface area is 153 Å². The first-order chi connectivity index (χ1) is 10.6. The van der Waals surface area contributed by atoms with Crippen LogP contribution in [-0.4, -0.2) is 29.3 Å². The third-order valence-corrected chi connectivity index (χ3v) is 3.47. The predicted molar refractivity (Wildman–Crippen MR) is 102 cm³/mol. The van der Waals surface area contributed by atoms with Crippen molar-refractivity contribution in [2.24, 2.45) is 4.99 Å². The molecule has 1 heterocycles. The monoisotopic (exact) mass is 431 g/mol. The largest absolute Gasteiger partial charge is 0.355 e. The second-order valence-electron chi connectivity index (χ2n) is 5.14. The zero-order valence-electron chi connectivity index (χ0n) is 13.6. The highest BCUT2D eigenvalue weighted by Crippen LogP contribution is 2.16. The fourth-order valence-corrected chi connectivity index (χ4v) is 2.08. The molecule has 2 rings (SSSR count). The second-order valence-corrected chi connectivity index (χ2v) is 5.14. The maximum absolute atomic E-state index is 13.6. The normalized spacial score (nSPS) is 12.4. The van der Waals surface area contributed by atoms with Gasteiger partial charge in [-0.25, -0.2) is 4.39 Å². The van der Waals surface area contributed by atoms with Gasteiger partial charge in [-0.1, -0.05) is 12.1 Å². The number of nitrogens with one attached hydrogen (secondary N) is 2. The van der Waals surface area contributed by atoms with Gasteiger partial charge in [0.2, 0.25) is 0 Å². The number of guanidine groups is 1. The van der Waals surface area contributed by atoms with Gasteiger partial charge in [0.15, 0.2) is 5.96 Å². The lowest BCUT2D eigenvalue weighted by Crippen LogP contribution is -2.40. The van der Waals surface area contributed by atoms with Gasteiger partial charge < -0.3 is 10.6 Å². The van der Waals surface area contributed by atoms with E-state index in [0.717, 1.165) is 12.1 Å². The molecule has 0 saturated heterocycles. The Morgan fingerprint density at radius 1 is 1.43 bits per heavy atom. The van der Waals surface area contributed by atoms with Crippen LogP contribution in [0.3, 0.4) is 0 Å². The third-order valence-electron chi connectivity index (χ3n) is 3.47. The zero-order valence-corrected chi connectivity index (χ0v) is 15.9. The maximum atomic E-state index is 13.6. The number of aromatic nitrogens is 2. The highest BCUT2D eigenvalue weighted by atomic mass is 127. The summed E-state index contributed by atoms with van der Waals surface area (Å²) in [5, 5.41) is 10.6. The molecule has 0 fully saturated rings. The lowest BCUT2D eigenvalue weighted by molar-refractivity contribution is 0.588. The van der Waals surface area contributed by atoms with Crippen molar-refractivity contribution in [2.45, 2.75) is 26.4 Å². The third kappa shape index (κ3) is 5.81. The van der Waals surface area contributed by atoms with E-state index in [2.05, 4.69) is 20.7 Å². The smallest absolute Gasteiger partial charge is 0.191 e. The number of rotatable bonds is 5. The molecular weight excluding hydrogens is 408 g/mol. The van der Waals surface area contributed by atoms with Crippen LogP contribution in [0, 0.1) is 12.7 Å². The topological polar surface area (TPSA) is 54.2 Å². The van der Waals surface area contributed by atoms with Crippen LogP contribution in [0.5, 0.6) is 0 Å². The minimum Gasteiger partial charge on any atom is -0.355 e. The standard InChI is InChI=1S/C16H22FN5.HI/c1-12-5-6-14(11-15(12)17)13(2)21-16(18-3)19-8-10-22-9-4-7-20-22;/h4-7,9,11,13H,8,10H2,1-3H3,(H2,18,19,21);1H. The molecule has 1 unspecified atom stereocenters. The highest BCUT2D eigenvalue weighted by molar-refractivity contribution is 14.0. The minimum atomic E-state index is -0.187. The SMILES string of the molecule is CN=C(NCCn1cccn1)NC(C)c1ccc(C)c(F)c1.I. The predicted octanol–water partition coefficient (Wildman–Crippen LogP) is 2.87. The van der Waals surface area contributed by atoms with Crippen molar-refractivity contribution in [3.63, 3.8) is 0 Å². The number of benzene rings is 1. The molecule has 0 saturated carbocycles. The molecule has 0 aliphatic heterocycles. The van der Waals surface area contributed by atoms with Crippen molar-refractivity contribution in [1.29, 1.82) is 0 Å². The van der Waals surface area contributed by atoms with Gasteiger partial charge in [-0.3, -0.25) is 9.67 Å². The van der Waals surface area contributed by atoms with Crippen LogP contribution in [0.4, 0.5) is 4.39 Å². The van der Waals surface area contributed by atoms with E-state index in [9.17, 15) is 4.39 Å². The molecule has 2 N–H and O–H groups in total. The van der Waals surface area contributed by atoms with Crippen LogP contribution >= 0.6 is 24.0 Å². The van der Waals surface area contributed by atoms with E-state index >= 15 is 0 Å². The van der Waals surface area contributed by atoms with E-state index in [1.54, 1.807) is 32.3 Å². The molecule has 7 heteroatoms.